The number of anilines is 3. The summed E-state index contributed by atoms with van der Waals surface area (Å²) in [6, 6.07) is 16.8. The van der Waals surface area contributed by atoms with Crippen LogP contribution in [0, 0.1) is 0 Å². The first-order chi connectivity index (χ1) is 13.3. The fourth-order valence-electron chi connectivity index (χ4n) is 2.42. The molecule has 0 radical (unpaired) electrons. The lowest BCUT2D eigenvalue weighted by Crippen LogP contribution is -2.30. The van der Waals surface area contributed by atoms with Gasteiger partial charge in [0.25, 0.3) is 0 Å². The fraction of sp³-hybridized carbons (Fsp3) is 0.0526. The second-order valence-corrected chi connectivity index (χ2v) is 5.76. The summed E-state index contributed by atoms with van der Waals surface area (Å²) in [5.74, 6) is 6.39. The number of para-hydroxylation sites is 1. The molecule has 0 fully saturated rings. The minimum Gasteiger partial charge on any atom is -0.382 e. The number of halogens is 3. The quantitative estimate of drug-likeness (QED) is 0.268. The van der Waals surface area contributed by atoms with Crippen LogP contribution in [0.2, 0.25) is 0 Å². The Morgan fingerprint density at radius 2 is 1.64 bits per heavy atom. The normalized spacial score (nSPS) is 11.9. The van der Waals surface area contributed by atoms with Gasteiger partial charge in [0.15, 0.2) is 11.7 Å². The minimum atomic E-state index is -4.39. The number of nitrogens with one attached hydrogen (secondary N) is 1. The summed E-state index contributed by atoms with van der Waals surface area (Å²) in [4.78, 5) is 4.07. The third-order valence-electron chi connectivity index (χ3n) is 3.79. The molecule has 0 unspecified atom stereocenters. The lowest BCUT2D eigenvalue weighted by molar-refractivity contribution is -0.137. The molecule has 28 heavy (non-hydrogen) atoms. The molecule has 0 aliphatic rings. The molecule has 5 N–H and O–H groups in total. The molecule has 1 heterocycles. The average molecular weight is 386 g/mol. The highest BCUT2D eigenvalue weighted by Gasteiger charge is 2.29. The van der Waals surface area contributed by atoms with Crippen molar-refractivity contribution in [2.75, 3.05) is 10.4 Å². The molecule has 3 rings (SSSR count). The third kappa shape index (κ3) is 4.57. The lowest BCUT2D eigenvalue weighted by atomic mass is 10.1. The second-order valence-electron chi connectivity index (χ2n) is 5.76. The van der Waals surface area contributed by atoms with Crippen LogP contribution in [0.1, 0.15) is 11.1 Å². The van der Waals surface area contributed by atoms with E-state index in [1.807, 2.05) is 0 Å². The van der Waals surface area contributed by atoms with Crippen molar-refractivity contribution in [3.8, 4) is 0 Å². The van der Waals surface area contributed by atoms with Gasteiger partial charge in [-0.1, -0.05) is 18.2 Å². The largest absolute Gasteiger partial charge is 0.416 e. The van der Waals surface area contributed by atoms with E-state index in [-0.39, 0.29) is 5.84 Å². The van der Waals surface area contributed by atoms with E-state index >= 15 is 0 Å². The topological polar surface area (TPSA) is 92.6 Å². The van der Waals surface area contributed by atoms with Crippen LogP contribution < -0.4 is 22.0 Å². The maximum absolute atomic E-state index is 12.7. The first-order valence-corrected chi connectivity index (χ1v) is 8.18. The Labute approximate surface area is 159 Å². The van der Waals surface area contributed by atoms with E-state index in [4.69, 9.17) is 11.6 Å². The van der Waals surface area contributed by atoms with Gasteiger partial charge in [0.2, 0.25) is 0 Å². The maximum atomic E-state index is 12.7. The molecule has 0 saturated carbocycles. The zero-order valence-corrected chi connectivity index (χ0v) is 14.6. The average Bonchev–Trinajstić information content (AvgIpc) is 2.68. The maximum Gasteiger partial charge on any atom is 0.416 e. The van der Waals surface area contributed by atoms with Crippen LogP contribution in [0.25, 0.3) is 0 Å². The van der Waals surface area contributed by atoms with Crippen LogP contribution >= 0.6 is 0 Å². The molecular weight excluding hydrogens is 369 g/mol. The molecule has 0 aliphatic carbocycles. The summed E-state index contributed by atoms with van der Waals surface area (Å²) in [7, 11) is 0. The van der Waals surface area contributed by atoms with Gasteiger partial charge < -0.3 is 11.1 Å². The van der Waals surface area contributed by atoms with E-state index < -0.39 is 11.7 Å². The summed E-state index contributed by atoms with van der Waals surface area (Å²) in [5, 5.41) is 8.21. The van der Waals surface area contributed by atoms with Crippen molar-refractivity contribution in [2.45, 2.75) is 6.18 Å². The van der Waals surface area contributed by atoms with Gasteiger partial charge in [0, 0.05) is 23.1 Å². The zero-order chi connectivity index (χ0) is 20.1. The Morgan fingerprint density at radius 3 is 2.29 bits per heavy atom. The highest BCUT2D eigenvalue weighted by Crippen LogP contribution is 2.30. The number of nitrogens with two attached hydrogens (primary N) is 2. The van der Waals surface area contributed by atoms with Crippen LogP contribution in [0.5, 0.6) is 0 Å². The second kappa shape index (κ2) is 7.97. The van der Waals surface area contributed by atoms with Gasteiger partial charge in [-0.2, -0.15) is 18.3 Å². The molecule has 0 bridgehead atoms. The highest BCUT2D eigenvalue weighted by molar-refractivity contribution is 6.03. The first-order valence-electron chi connectivity index (χ1n) is 8.18. The monoisotopic (exact) mass is 386 g/mol. The predicted molar refractivity (Wildman–Crippen MR) is 103 cm³/mol. The van der Waals surface area contributed by atoms with Crippen molar-refractivity contribution in [2.24, 2.45) is 16.7 Å². The number of amidine groups is 1. The molecule has 6 nitrogen and oxygen atoms in total. The molecule has 2 aromatic carbocycles. The van der Waals surface area contributed by atoms with Crippen molar-refractivity contribution < 1.29 is 13.2 Å². The molecule has 1 aromatic heterocycles. The van der Waals surface area contributed by atoms with Gasteiger partial charge in [-0.05, 0) is 48.5 Å². The van der Waals surface area contributed by atoms with Crippen molar-refractivity contribution in [1.82, 2.24) is 4.98 Å². The number of nitrogens with zero attached hydrogens (tertiary/aromatic N) is 3. The van der Waals surface area contributed by atoms with Gasteiger partial charge >= 0.3 is 6.18 Å². The highest BCUT2D eigenvalue weighted by atomic mass is 19.4. The number of alkyl halides is 3. The Morgan fingerprint density at radius 1 is 0.964 bits per heavy atom. The number of rotatable bonds is 5. The fourth-order valence-corrected chi connectivity index (χ4v) is 2.42. The summed E-state index contributed by atoms with van der Waals surface area (Å²) >= 11 is 0. The molecule has 144 valence electrons. The molecular formula is C19H17F3N6. The van der Waals surface area contributed by atoms with Crippen LogP contribution in [-0.4, -0.2) is 10.8 Å². The van der Waals surface area contributed by atoms with Gasteiger partial charge in [0.1, 0.15) is 0 Å². The molecule has 0 saturated heterocycles. The summed E-state index contributed by atoms with van der Waals surface area (Å²) in [5.41, 5.74) is 6.94. The smallest absolute Gasteiger partial charge is 0.382 e. The molecule has 0 aliphatic heterocycles. The van der Waals surface area contributed by atoms with E-state index in [9.17, 15) is 13.2 Å². The van der Waals surface area contributed by atoms with Gasteiger partial charge in [-0.25, -0.2) is 10.8 Å². The van der Waals surface area contributed by atoms with Crippen molar-refractivity contribution in [3.05, 3.63) is 84.1 Å². The Kier molecular flexibility index (Phi) is 5.46. The van der Waals surface area contributed by atoms with Gasteiger partial charge in [-0.3, -0.25) is 0 Å². The SMILES string of the molecule is N/C(=N\N(N)c1ccccn1)c1ccccc1Nc1ccc(C(F)(F)F)cc1. The van der Waals surface area contributed by atoms with Crippen molar-refractivity contribution >= 4 is 23.0 Å². The molecule has 3 aromatic rings. The number of pyridine rings is 1. The molecule has 0 spiro atoms. The van der Waals surface area contributed by atoms with Crippen molar-refractivity contribution in [1.29, 1.82) is 0 Å². The van der Waals surface area contributed by atoms with E-state index in [0.717, 1.165) is 17.3 Å². The van der Waals surface area contributed by atoms with Crippen LogP contribution in [0.3, 0.4) is 0 Å². The zero-order valence-electron chi connectivity index (χ0n) is 14.6. The predicted octanol–water partition coefficient (Wildman–Crippen LogP) is 3.84. The summed E-state index contributed by atoms with van der Waals surface area (Å²) < 4.78 is 38.1. The van der Waals surface area contributed by atoms with E-state index in [2.05, 4.69) is 15.4 Å². The molecule has 0 amide bonds. The number of hydrazine groups is 1. The number of benzene rings is 2. The molecule has 0 atom stereocenters. The summed E-state index contributed by atoms with van der Waals surface area (Å²) in [6.45, 7) is 0. The van der Waals surface area contributed by atoms with Crippen molar-refractivity contribution in [3.63, 3.8) is 0 Å². The Bertz CT molecular complexity index is 955. The standard InChI is InChI=1S/C19H17F3N6/c20-19(21,22)13-8-10-14(11-9-13)26-16-6-2-1-5-15(16)18(23)27-28(24)17-7-3-4-12-25-17/h1-12,26H,24H2,(H2,23,27). The van der Waals surface area contributed by atoms with Crippen LogP contribution in [-0.2, 0) is 6.18 Å². The Balaban J connectivity index is 1.84. The van der Waals surface area contributed by atoms with Gasteiger partial charge in [0.05, 0.1) is 5.56 Å². The van der Waals surface area contributed by atoms with E-state index in [0.29, 0.717) is 22.8 Å². The van der Waals surface area contributed by atoms with E-state index in [1.165, 1.54) is 12.1 Å². The van der Waals surface area contributed by atoms with Crippen LogP contribution in [0.4, 0.5) is 30.4 Å². The van der Waals surface area contributed by atoms with E-state index in [1.54, 1.807) is 48.7 Å². The first kappa shape index (κ1) is 19.2. The van der Waals surface area contributed by atoms with Gasteiger partial charge in [-0.15, -0.1) is 5.10 Å². The number of aromatic nitrogens is 1. The summed E-state index contributed by atoms with van der Waals surface area (Å²) in [6.07, 6.45) is -2.81. The Hall–Kier alpha value is -3.59. The third-order valence-corrected chi connectivity index (χ3v) is 3.79. The number of hydrogen-bond donors (Lipinski definition) is 3. The van der Waals surface area contributed by atoms with Crippen LogP contribution in [0.15, 0.2) is 78.0 Å². The lowest BCUT2D eigenvalue weighted by Gasteiger charge is -2.15. The number of hydrogen-bond acceptors (Lipinski definition) is 5. The molecule has 9 heteroatoms. The minimum absolute atomic E-state index is 0.114. The number of hydrazone groups is 1.